The van der Waals surface area contributed by atoms with Crippen molar-refractivity contribution in [1.29, 1.82) is 5.26 Å². The maximum absolute atomic E-state index is 8.53. The van der Waals surface area contributed by atoms with E-state index in [2.05, 4.69) is 37.3 Å². The zero-order valence-electron chi connectivity index (χ0n) is 19.5. The molecule has 0 atom stereocenters. The monoisotopic (exact) mass is 419 g/mol. The topological polar surface area (TPSA) is 33.0 Å². The van der Waals surface area contributed by atoms with Crippen LogP contribution in [0.1, 0.15) is 94.6 Å². The van der Waals surface area contributed by atoms with Crippen LogP contribution in [-0.4, -0.2) is 12.7 Å². The van der Waals surface area contributed by atoms with E-state index in [1.807, 2.05) is 18.2 Å². The molecule has 0 aromatic heterocycles. The Balaban J connectivity index is 1.31. The highest BCUT2D eigenvalue weighted by Crippen LogP contribution is 2.37. The number of allylic oxidation sites excluding steroid dienone is 4. The summed E-state index contributed by atoms with van der Waals surface area (Å²) in [5, 5.41) is 8.53. The van der Waals surface area contributed by atoms with Gasteiger partial charge in [0.25, 0.3) is 0 Å². The first-order chi connectivity index (χ1) is 15.3. The van der Waals surface area contributed by atoms with Gasteiger partial charge in [0.1, 0.15) is 0 Å². The van der Waals surface area contributed by atoms with Crippen LogP contribution in [0.4, 0.5) is 0 Å². The Labute approximate surface area is 190 Å². The lowest BCUT2D eigenvalue weighted by Crippen LogP contribution is -2.25. The minimum Gasteiger partial charge on any atom is -0.378 e. The zero-order valence-corrected chi connectivity index (χ0v) is 19.5. The largest absolute Gasteiger partial charge is 0.378 e. The van der Waals surface area contributed by atoms with E-state index in [0.29, 0.717) is 12.0 Å². The number of rotatable bonds is 10. The number of unbranched alkanes of at least 4 members (excludes halogenated alkanes) is 2. The molecule has 1 aromatic rings. The van der Waals surface area contributed by atoms with E-state index in [-0.39, 0.29) is 0 Å². The van der Waals surface area contributed by atoms with Crippen molar-refractivity contribution in [3.8, 4) is 6.07 Å². The third-order valence-electron chi connectivity index (χ3n) is 7.32. The van der Waals surface area contributed by atoms with Crippen molar-refractivity contribution in [3.63, 3.8) is 0 Å². The number of hydrogen-bond acceptors (Lipinski definition) is 2. The Hall–Kier alpha value is -1.85. The van der Waals surface area contributed by atoms with E-state index in [4.69, 9.17) is 10.00 Å². The van der Waals surface area contributed by atoms with Crippen molar-refractivity contribution in [2.75, 3.05) is 6.61 Å². The maximum Gasteiger partial charge on any atom is 0.0912 e. The van der Waals surface area contributed by atoms with Crippen LogP contribution in [0.15, 0.2) is 48.6 Å². The number of hydrogen-bond donors (Lipinski definition) is 0. The second kappa shape index (κ2) is 13.5. The van der Waals surface area contributed by atoms with Crippen LogP contribution in [-0.2, 0) is 11.2 Å². The maximum atomic E-state index is 8.53. The third-order valence-corrected chi connectivity index (χ3v) is 7.32. The molecule has 2 fully saturated rings. The molecule has 0 amide bonds. The molecule has 3 rings (SSSR count). The number of aryl methyl sites for hydroxylation is 1. The molecule has 0 spiro atoms. The van der Waals surface area contributed by atoms with Gasteiger partial charge in [-0.15, -0.1) is 0 Å². The Kier molecular flexibility index (Phi) is 10.4. The van der Waals surface area contributed by atoms with Crippen molar-refractivity contribution in [1.82, 2.24) is 0 Å². The lowest BCUT2D eigenvalue weighted by atomic mass is 9.78. The average Bonchev–Trinajstić information content (AvgIpc) is 2.82. The van der Waals surface area contributed by atoms with Crippen molar-refractivity contribution < 1.29 is 4.74 Å². The van der Waals surface area contributed by atoms with Crippen LogP contribution < -0.4 is 0 Å². The molecule has 2 heteroatoms. The smallest absolute Gasteiger partial charge is 0.0912 e. The minimum atomic E-state index is 0.456. The van der Waals surface area contributed by atoms with Gasteiger partial charge in [-0.3, -0.25) is 0 Å². The van der Waals surface area contributed by atoms with Crippen LogP contribution in [0.2, 0.25) is 0 Å². The normalized spacial score (nSPS) is 27.0. The van der Waals surface area contributed by atoms with Crippen molar-refractivity contribution in [3.05, 3.63) is 59.7 Å². The second-order valence-corrected chi connectivity index (χ2v) is 9.66. The minimum absolute atomic E-state index is 0.456. The van der Waals surface area contributed by atoms with E-state index in [9.17, 15) is 0 Å². The fourth-order valence-electron chi connectivity index (χ4n) is 5.24. The number of ether oxygens (including phenoxy) is 1. The Morgan fingerprint density at radius 3 is 2.35 bits per heavy atom. The molecular formula is C29H41NO. The molecule has 1 aromatic carbocycles. The van der Waals surface area contributed by atoms with Gasteiger partial charge in [0.15, 0.2) is 0 Å². The predicted molar refractivity (Wildman–Crippen MR) is 130 cm³/mol. The molecule has 31 heavy (non-hydrogen) atoms. The molecule has 2 aliphatic rings. The molecule has 2 saturated carbocycles. The quantitative estimate of drug-likeness (QED) is 0.219. The average molecular weight is 420 g/mol. The fraction of sp³-hybridized carbons (Fsp3) is 0.621. The highest BCUT2D eigenvalue weighted by atomic mass is 16.5. The summed E-state index contributed by atoms with van der Waals surface area (Å²) < 4.78 is 6.34. The van der Waals surface area contributed by atoms with Crippen LogP contribution in [0.5, 0.6) is 0 Å². The van der Waals surface area contributed by atoms with Crippen LogP contribution in [0.25, 0.3) is 0 Å². The van der Waals surface area contributed by atoms with E-state index in [0.717, 1.165) is 18.4 Å². The van der Waals surface area contributed by atoms with Crippen LogP contribution >= 0.6 is 0 Å². The SMILES string of the molecule is CCCCCc1ccc([C@H]2CC[C@H](CO[C@H]3CC[C@H](C=CC=CC#N)CC3)CC2)cc1. The van der Waals surface area contributed by atoms with Gasteiger partial charge in [-0.05, 0) is 93.1 Å². The number of nitriles is 1. The molecule has 0 aliphatic heterocycles. The summed E-state index contributed by atoms with van der Waals surface area (Å²) >= 11 is 0. The summed E-state index contributed by atoms with van der Waals surface area (Å²) in [6.07, 6.45) is 23.3. The summed E-state index contributed by atoms with van der Waals surface area (Å²) in [5.74, 6) is 2.15. The summed E-state index contributed by atoms with van der Waals surface area (Å²) in [4.78, 5) is 0. The van der Waals surface area contributed by atoms with Gasteiger partial charge in [-0.1, -0.05) is 62.3 Å². The molecule has 0 N–H and O–H groups in total. The summed E-state index contributed by atoms with van der Waals surface area (Å²) in [5.41, 5.74) is 3.05. The molecule has 0 radical (unpaired) electrons. The van der Waals surface area contributed by atoms with Gasteiger partial charge in [0, 0.05) is 12.7 Å². The molecule has 0 unspecified atom stereocenters. The Morgan fingerprint density at radius 2 is 1.68 bits per heavy atom. The fourth-order valence-corrected chi connectivity index (χ4v) is 5.24. The Bertz CT molecular complexity index is 710. The van der Waals surface area contributed by atoms with Gasteiger partial charge in [0.05, 0.1) is 12.2 Å². The molecule has 0 heterocycles. The first-order valence-corrected chi connectivity index (χ1v) is 12.7. The molecule has 2 aliphatic carbocycles. The van der Waals surface area contributed by atoms with Crippen molar-refractivity contribution in [2.45, 2.75) is 96.0 Å². The first-order valence-electron chi connectivity index (χ1n) is 12.7. The van der Waals surface area contributed by atoms with Crippen LogP contribution in [0.3, 0.4) is 0 Å². The highest BCUT2D eigenvalue weighted by Gasteiger charge is 2.25. The van der Waals surface area contributed by atoms with Gasteiger partial charge >= 0.3 is 0 Å². The van der Waals surface area contributed by atoms with E-state index in [1.54, 1.807) is 5.56 Å². The van der Waals surface area contributed by atoms with Gasteiger partial charge in [-0.2, -0.15) is 5.26 Å². The van der Waals surface area contributed by atoms with Crippen LogP contribution in [0, 0.1) is 23.2 Å². The number of nitrogens with zero attached hydrogens (tertiary/aromatic N) is 1. The third kappa shape index (κ3) is 8.30. The Morgan fingerprint density at radius 1 is 0.935 bits per heavy atom. The van der Waals surface area contributed by atoms with E-state index < -0.39 is 0 Å². The van der Waals surface area contributed by atoms with Gasteiger partial charge in [-0.25, -0.2) is 0 Å². The predicted octanol–water partition coefficient (Wildman–Crippen LogP) is 7.90. The highest BCUT2D eigenvalue weighted by molar-refractivity contribution is 5.26. The standard InChI is InChI=1S/C29H41NO/c1-2-3-5-8-24-10-16-27(17-11-24)28-18-12-26(13-19-28)23-31-29-20-14-25(15-21-29)9-6-4-7-22-30/h4,6-7,9-11,16-17,25-26,28-29H,2-3,5,8,12-15,18-21,23H2,1H3/t25-,26-,28-,29-. The summed E-state index contributed by atoms with van der Waals surface area (Å²) in [6.45, 7) is 3.23. The van der Waals surface area contributed by atoms with E-state index >= 15 is 0 Å². The molecular weight excluding hydrogens is 378 g/mol. The van der Waals surface area contributed by atoms with Crippen molar-refractivity contribution in [2.24, 2.45) is 11.8 Å². The lowest BCUT2D eigenvalue weighted by Gasteiger charge is -2.32. The zero-order chi connectivity index (χ0) is 21.7. The van der Waals surface area contributed by atoms with Gasteiger partial charge in [0.2, 0.25) is 0 Å². The van der Waals surface area contributed by atoms with E-state index in [1.165, 1.54) is 88.7 Å². The second-order valence-electron chi connectivity index (χ2n) is 9.66. The summed E-state index contributed by atoms with van der Waals surface area (Å²) in [6, 6.07) is 11.6. The molecule has 0 saturated heterocycles. The van der Waals surface area contributed by atoms with Crippen molar-refractivity contribution >= 4 is 0 Å². The number of benzene rings is 1. The first kappa shape index (κ1) is 23.8. The molecule has 2 nitrogen and oxygen atoms in total. The molecule has 168 valence electrons. The van der Waals surface area contributed by atoms with Gasteiger partial charge < -0.3 is 4.74 Å². The lowest BCUT2D eigenvalue weighted by molar-refractivity contribution is -0.00456. The molecule has 0 bridgehead atoms. The summed E-state index contributed by atoms with van der Waals surface area (Å²) in [7, 11) is 0.